The van der Waals surface area contributed by atoms with E-state index in [4.69, 9.17) is 0 Å². The zero-order chi connectivity index (χ0) is 14.7. The van der Waals surface area contributed by atoms with Crippen LogP contribution in [-0.4, -0.2) is 16.6 Å². The molecule has 0 amide bonds. The van der Waals surface area contributed by atoms with Gasteiger partial charge in [0.25, 0.3) is 0 Å². The number of rotatable bonds is 4. The van der Waals surface area contributed by atoms with Gasteiger partial charge < -0.3 is 5.32 Å². The maximum absolute atomic E-state index is 12.1. The average Bonchev–Trinajstić information content (AvgIpc) is 2.39. The largest absolute Gasteiger partial charge is 0.348 e. The second-order valence-corrected chi connectivity index (χ2v) is 5.13. The normalized spacial score (nSPS) is 12.4. The van der Waals surface area contributed by atoms with Gasteiger partial charge in [-0.2, -0.15) is 4.98 Å². The van der Waals surface area contributed by atoms with Crippen LogP contribution in [0.3, 0.4) is 0 Å². The van der Waals surface area contributed by atoms with E-state index in [1.807, 2.05) is 39.1 Å². The topological polar surface area (TPSA) is 46.9 Å². The molecular formula is C16H21N3O. The summed E-state index contributed by atoms with van der Waals surface area (Å²) in [4.78, 5) is 16.1. The van der Waals surface area contributed by atoms with Crippen molar-refractivity contribution >= 4 is 0 Å². The quantitative estimate of drug-likeness (QED) is 0.926. The summed E-state index contributed by atoms with van der Waals surface area (Å²) < 4.78 is 1.72. The minimum absolute atomic E-state index is 0.0945. The number of aromatic nitrogens is 2. The van der Waals surface area contributed by atoms with Crippen LogP contribution in [-0.2, 0) is 6.54 Å². The monoisotopic (exact) mass is 271 g/mol. The number of benzene rings is 1. The van der Waals surface area contributed by atoms with Crippen molar-refractivity contribution in [2.45, 2.75) is 33.4 Å². The third-order valence-corrected chi connectivity index (χ3v) is 3.62. The predicted molar refractivity (Wildman–Crippen MR) is 81.0 cm³/mol. The minimum atomic E-state index is -0.184. The Balaban J connectivity index is 2.37. The van der Waals surface area contributed by atoms with Crippen LogP contribution < -0.4 is 11.0 Å². The third-order valence-electron chi connectivity index (χ3n) is 3.62. The maximum Gasteiger partial charge on any atom is 0.348 e. The van der Waals surface area contributed by atoms with Crippen molar-refractivity contribution in [1.82, 2.24) is 14.9 Å². The second-order valence-electron chi connectivity index (χ2n) is 5.13. The van der Waals surface area contributed by atoms with E-state index in [-0.39, 0.29) is 11.7 Å². The molecule has 106 valence electrons. The highest BCUT2D eigenvalue weighted by atomic mass is 16.1. The Kier molecular flexibility index (Phi) is 4.35. The Bertz CT molecular complexity index is 661. The van der Waals surface area contributed by atoms with Crippen LogP contribution >= 0.6 is 0 Å². The van der Waals surface area contributed by atoms with Crippen molar-refractivity contribution in [2.24, 2.45) is 0 Å². The molecule has 0 radical (unpaired) electrons. The van der Waals surface area contributed by atoms with Gasteiger partial charge in [0.05, 0.1) is 6.04 Å². The fraction of sp³-hybridized carbons (Fsp3) is 0.375. The van der Waals surface area contributed by atoms with Gasteiger partial charge in [-0.15, -0.1) is 0 Å². The minimum Gasteiger partial charge on any atom is -0.312 e. The highest BCUT2D eigenvalue weighted by Crippen LogP contribution is 2.18. The van der Waals surface area contributed by atoms with E-state index in [0.29, 0.717) is 6.54 Å². The lowest BCUT2D eigenvalue weighted by molar-refractivity contribution is 0.475. The van der Waals surface area contributed by atoms with Gasteiger partial charge in [0.2, 0.25) is 0 Å². The zero-order valence-electron chi connectivity index (χ0n) is 12.5. The molecule has 0 aliphatic heterocycles. The molecule has 2 aromatic rings. The molecular weight excluding hydrogens is 250 g/mol. The van der Waals surface area contributed by atoms with Gasteiger partial charge in [0.1, 0.15) is 0 Å². The van der Waals surface area contributed by atoms with Crippen LogP contribution in [0, 0.1) is 20.8 Å². The zero-order valence-corrected chi connectivity index (χ0v) is 12.5. The van der Waals surface area contributed by atoms with Crippen molar-refractivity contribution < 1.29 is 0 Å². The van der Waals surface area contributed by atoms with E-state index >= 15 is 0 Å². The van der Waals surface area contributed by atoms with Crippen LogP contribution in [0.4, 0.5) is 0 Å². The molecule has 0 spiro atoms. The highest BCUT2D eigenvalue weighted by Gasteiger charge is 2.14. The van der Waals surface area contributed by atoms with E-state index in [1.54, 1.807) is 4.57 Å². The molecule has 1 heterocycles. The summed E-state index contributed by atoms with van der Waals surface area (Å²) >= 11 is 0. The first-order valence-corrected chi connectivity index (χ1v) is 6.81. The average molecular weight is 271 g/mol. The lowest BCUT2D eigenvalue weighted by Gasteiger charge is -2.21. The standard InChI is InChI=1S/C16H21N3O/c1-11-7-5-6-8-14(11)15(17-4)10-19-13(3)9-12(2)18-16(19)20/h5-9,15,17H,10H2,1-4H3. The molecule has 4 heteroatoms. The summed E-state index contributed by atoms with van der Waals surface area (Å²) in [6.07, 6.45) is 0. The first-order valence-electron chi connectivity index (χ1n) is 6.81. The van der Waals surface area contributed by atoms with Crippen LogP contribution in [0.25, 0.3) is 0 Å². The molecule has 2 rings (SSSR count). The predicted octanol–water partition coefficient (Wildman–Crippen LogP) is 2.13. The lowest BCUT2D eigenvalue weighted by atomic mass is 10.0. The van der Waals surface area contributed by atoms with E-state index < -0.39 is 0 Å². The van der Waals surface area contributed by atoms with Gasteiger partial charge in [-0.25, -0.2) is 4.79 Å². The van der Waals surface area contributed by atoms with Crippen molar-refractivity contribution in [3.05, 3.63) is 63.3 Å². The molecule has 20 heavy (non-hydrogen) atoms. The smallest absolute Gasteiger partial charge is 0.312 e. The molecule has 0 aliphatic carbocycles. The summed E-state index contributed by atoms with van der Waals surface area (Å²) in [5.41, 5.74) is 3.95. The number of nitrogens with one attached hydrogen (secondary N) is 1. The fourth-order valence-electron chi connectivity index (χ4n) is 2.50. The van der Waals surface area contributed by atoms with Crippen LogP contribution in [0.1, 0.15) is 28.6 Å². The molecule has 1 unspecified atom stereocenters. The van der Waals surface area contributed by atoms with Crippen LogP contribution in [0.5, 0.6) is 0 Å². The Morgan fingerprint density at radius 1 is 1.25 bits per heavy atom. The summed E-state index contributed by atoms with van der Waals surface area (Å²) in [5, 5.41) is 3.29. The highest BCUT2D eigenvalue weighted by molar-refractivity contribution is 5.28. The summed E-state index contributed by atoms with van der Waals surface area (Å²) in [5.74, 6) is 0. The number of likely N-dealkylation sites (N-methyl/N-ethyl adjacent to an activating group) is 1. The van der Waals surface area contributed by atoms with Crippen LogP contribution in [0.2, 0.25) is 0 Å². The number of nitrogens with zero attached hydrogens (tertiary/aromatic N) is 2. The molecule has 4 nitrogen and oxygen atoms in total. The molecule has 0 aliphatic rings. The number of aryl methyl sites for hydroxylation is 3. The number of hydrogen-bond acceptors (Lipinski definition) is 3. The first-order chi connectivity index (χ1) is 9.52. The molecule has 0 saturated carbocycles. The lowest BCUT2D eigenvalue weighted by Crippen LogP contribution is -2.32. The molecule has 0 saturated heterocycles. The van der Waals surface area contributed by atoms with Gasteiger partial charge >= 0.3 is 5.69 Å². The Morgan fingerprint density at radius 2 is 1.95 bits per heavy atom. The Labute approximate surface area is 119 Å². The molecule has 1 aromatic carbocycles. The Hall–Kier alpha value is -1.94. The van der Waals surface area contributed by atoms with E-state index in [9.17, 15) is 4.79 Å². The SMILES string of the molecule is CNC(Cn1c(C)cc(C)nc1=O)c1ccccc1C. The molecule has 1 atom stereocenters. The summed E-state index contributed by atoms with van der Waals surface area (Å²) in [7, 11) is 1.92. The van der Waals surface area contributed by atoms with E-state index in [0.717, 1.165) is 11.4 Å². The van der Waals surface area contributed by atoms with Gasteiger partial charge in [0, 0.05) is 17.9 Å². The van der Waals surface area contributed by atoms with E-state index in [1.165, 1.54) is 11.1 Å². The molecule has 0 fully saturated rings. The summed E-state index contributed by atoms with van der Waals surface area (Å²) in [6.45, 7) is 6.46. The van der Waals surface area contributed by atoms with Gasteiger partial charge in [-0.1, -0.05) is 24.3 Å². The van der Waals surface area contributed by atoms with Crippen molar-refractivity contribution in [3.63, 3.8) is 0 Å². The molecule has 0 bridgehead atoms. The number of hydrogen-bond donors (Lipinski definition) is 1. The van der Waals surface area contributed by atoms with E-state index in [2.05, 4.69) is 29.4 Å². The third kappa shape index (κ3) is 2.96. The van der Waals surface area contributed by atoms with Crippen molar-refractivity contribution in [3.8, 4) is 0 Å². The van der Waals surface area contributed by atoms with Gasteiger partial charge in [0.15, 0.2) is 0 Å². The van der Waals surface area contributed by atoms with Crippen molar-refractivity contribution in [2.75, 3.05) is 7.05 Å². The summed E-state index contributed by atoms with van der Waals surface area (Å²) in [6, 6.07) is 10.3. The maximum atomic E-state index is 12.1. The molecule has 1 N–H and O–H groups in total. The second kappa shape index (κ2) is 6.01. The fourth-order valence-corrected chi connectivity index (χ4v) is 2.50. The van der Waals surface area contributed by atoms with Crippen LogP contribution in [0.15, 0.2) is 35.1 Å². The van der Waals surface area contributed by atoms with Crippen molar-refractivity contribution in [1.29, 1.82) is 0 Å². The van der Waals surface area contributed by atoms with Gasteiger partial charge in [-0.3, -0.25) is 4.57 Å². The first kappa shape index (κ1) is 14.5. The Morgan fingerprint density at radius 3 is 2.55 bits per heavy atom. The molecule has 1 aromatic heterocycles. The van der Waals surface area contributed by atoms with Gasteiger partial charge in [-0.05, 0) is 45.0 Å².